The van der Waals surface area contributed by atoms with Gasteiger partial charge in [0.15, 0.2) is 0 Å². The number of nitrogens with one attached hydrogen (secondary N) is 1. The smallest absolute Gasteiger partial charge is 0.0442 e. The highest BCUT2D eigenvalue weighted by atomic mass is 32.2. The lowest BCUT2D eigenvalue weighted by molar-refractivity contribution is 0.821. The minimum absolute atomic E-state index is 0.620. The predicted molar refractivity (Wildman–Crippen MR) is 71.7 cm³/mol. The van der Waals surface area contributed by atoms with Gasteiger partial charge in [-0.25, -0.2) is 0 Å². The zero-order valence-electron chi connectivity index (χ0n) is 10.1. The third-order valence-electron chi connectivity index (χ3n) is 2.50. The van der Waals surface area contributed by atoms with Gasteiger partial charge in [0.2, 0.25) is 0 Å². The van der Waals surface area contributed by atoms with Gasteiger partial charge in [-0.1, -0.05) is 45.2 Å². The van der Waals surface area contributed by atoms with E-state index in [1.165, 1.54) is 29.7 Å². The first kappa shape index (κ1) is 12.4. The highest BCUT2D eigenvalue weighted by Crippen LogP contribution is 2.25. The van der Waals surface area contributed by atoms with Crippen LogP contribution in [0.5, 0.6) is 0 Å². The normalized spacial score (nSPS) is 10.7. The van der Waals surface area contributed by atoms with Crippen molar-refractivity contribution in [3.8, 4) is 0 Å². The van der Waals surface area contributed by atoms with Crippen molar-refractivity contribution >= 4 is 17.6 Å². The topological polar surface area (TPSA) is 12.0 Å². The van der Waals surface area contributed by atoms with Crippen LogP contribution in [0.25, 0.3) is 0 Å². The molecule has 0 radical (unpaired) electrons. The van der Waals surface area contributed by atoms with Gasteiger partial charge in [-0.3, -0.25) is 0 Å². The Labute approximate surface area is 97.8 Å². The molecule has 0 amide bonds. The van der Waals surface area contributed by atoms with Gasteiger partial charge in [-0.2, -0.15) is 0 Å². The molecule has 0 saturated carbocycles. The Morgan fingerprint density at radius 2 is 2.07 bits per heavy atom. The van der Waals surface area contributed by atoms with Crippen LogP contribution in [0.2, 0.25) is 0 Å². The van der Waals surface area contributed by atoms with Gasteiger partial charge in [0.1, 0.15) is 0 Å². The number of benzene rings is 1. The Balaban J connectivity index is 2.97. The SMILES string of the molecule is CCCc1cc(NSC)ccc1C(C)C. The van der Waals surface area contributed by atoms with E-state index < -0.39 is 0 Å². The molecule has 1 rings (SSSR count). The predicted octanol–water partition coefficient (Wildman–Crippen LogP) is 4.45. The minimum Gasteiger partial charge on any atom is -0.330 e. The van der Waals surface area contributed by atoms with Crippen LogP contribution in [0.4, 0.5) is 5.69 Å². The fraction of sp³-hybridized carbons (Fsp3) is 0.538. The van der Waals surface area contributed by atoms with E-state index in [9.17, 15) is 0 Å². The Hall–Kier alpha value is -0.630. The van der Waals surface area contributed by atoms with Gasteiger partial charge in [0.25, 0.3) is 0 Å². The van der Waals surface area contributed by atoms with Crippen LogP contribution in [-0.4, -0.2) is 6.26 Å². The van der Waals surface area contributed by atoms with Gasteiger partial charge >= 0.3 is 0 Å². The third kappa shape index (κ3) is 3.45. The van der Waals surface area contributed by atoms with E-state index in [-0.39, 0.29) is 0 Å². The monoisotopic (exact) mass is 223 g/mol. The van der Waals surface area contributed by atoms with Gasteiger partial charge in [-0.15, -0.1) is 0 Å². The molecule has 0 spiro atoms. The van der Waals surface area contributed by atoms with Gasteiger partial charge in [0.05, 0.1) is 0 Å². The first-order chi connectivity index (χ1) is 7.19. The number of hydrogen-bond acceptors (Lipinski definition) is 2. The molecular weight excluding hydrogens is 202 g/mol. The standard InChI is InChI=1S/C13H21NS/c1-5-6-11-9-12(14-15-4)7-8-13(11)10(2)3/h7-10,14H,5-6H2,1-4H3. The summed E-state index contributed by atoms with van der Waals surface area (Å²) in [6.07, 6.45) is 4.44. The molecule has 0 atom stereocenters. The first-order valence-electron chi connectivity index (χ1n) is 5.60. The van der Waals surface area contributed by atoms with Crippen LogP contribution >= 0.6 is 11.9 Å². The van der Waals surface area contributed by atoms with Crippen molar-refractivity contribution in [1.82, 2.24) is 0 Å². The van der Waals surface area contributed by atoms with E-state index in [1.54, 1.807) is 11.9 Å². The van der Waals surface area contributed by atoms with Gasteiger partial charge in [-0.05, 0) is 35.6 Å². The molecule has 84 valence electrons. The number of anilines is 1. The lowest BCUT2D eigenvalue weighted by Gasteiger charge is -2.14. The van der Waals surface area contributed by atoms with Crippen LogP contribution in [0.15, 0.2) is 18.2 Å². The van der Waals surface area contributed by atoms with Crippen molar-refractivity contribution < 1.29 is 0 Å². The maximum atomic E-state index is 3.29. The average Bonchev–Trinajstić information content (AvgIpc) is 2.18. The zero-order chi connectivity index (χ0) is 11.3. The number of rotatable bonds is 5. The molecule has 1 nitrogen and oxygen atoms in total. The molecule has 0 unspecified atom stereocenters. The van der Waals surface area contributed by atoms with Crippen LogP contribution in [0.1, 0.15) is 44.2 Å². The maximum Gasteiger partial charge on any atom is 0.0442 e. The van der Waals surface area contributed by atoms with Crippen molar-refractivity contribution in [3.63, 3.8) is 0 Å². The zero-order valence-corrected chi connectivity index (χ0v) is 10.9. The van der Waals surface area contributed by atoms with Crippen LogP contribution in [-0.2, 0) is 6.42 Å². The van der Waals surface area contributed by atoms with E-state index in [4.69, 9.17) is 0 Å². The summed E-state index contributed by atoms with van der Waals surface area (Å²) in [6, 6.07) is 6.72. The molecule has 0 aliphatic heterocycles. The van der Waals surface area contributed by atoms with E-state index in [0.717, 1.165) is 0 Å². The molecule has 0 heterocycles. The molecule has 0 saturated heterocycles. The second-order valence-electron chi connectivity index (χ2n) is 4.12. The van der Waals surface area contributed by atoms with Gasteiger partial charge < -0.3 is 4.72 Å². The van der Waals surface area contributed by atoms with Crippen molar-refractivity contribution in [2.75, 3.05) is 11.0 Å². The van der Waals surface area contributed by atoms with E-state index >= 15 is 0 Å². The van der Waals surface area contributed by atoms with Crippen molar-refractivity contribution in [1.29, 1.82) is 0 Å². The summed E-state index contributed by atoms with van der Waals surface area (Å²) >= 11 is 1.65. The lowest BCUT2D eigenvalue weighted by Crippen LogP contribution is -1.97. The van der Waals surface area contributed by atoms with Crippen molar-refractivity contribution in [2.24, 2.45) is 0 Å². The molecular formula is C13H21NS. The molecule has 1 N–H and O–H groups in total. The largest absolute Gasteiger partial charge is 0.330 e. The summed E-state index contributed by atoms with van der Waals surface area (Å²) in [5, 5.41) is 0. The quantitative estimate of drug-likeness (QED) is 0.740. The Kier molecular flexibility index (Phi) is 5.03. The Morgan fingerprint density at radius 3 is 2.60 bits per heavy atom. The maximum absolute atomic E-state index is 3.29. The molecule has 2 heteroatoms. The summed E-state index contributed by atoms with van der Waals surface area (Å²) in [5.41, 5.74) is 4.20. The summed E-state index contributed by atoms with van der Waals surface area (Å²) < 4.78 is 3.29. The molecule has 0 fully saturated rings. The van der Waals surface area contributed by atoms with Crippen LogP contribution < -0.4 is 4.72 Å². The van der Waals surface area contributed by atoms with E-state index in [2.05, 4.69) is 49.9 Å². The molecule has 0 bridgehead atoms. The second-order valence-corrected chi connectivity index (χ2v) is 4.74. The Bertz CT molecular complexity index is 307. The summed E-state index contributed by atoms with van der Waals surface area (Å²) in [6.45, 7) is 6.76. The van der Waals surface area contributed by atoms with E-state index in [0.29, 0.717) is 5.92 Å². The highest BCUT2D eigenvalue weighted by Gasteiger charge is 2.06. The fourth-order valence-electron chi connectivity index (χ4n) is 1.84. The number of aryl methyl sites for hydroxylation is 1. The molecule has 0 aliphatic rings. The van der Waals surface area contributed by atoms with Crippen LogP contribution in [0, 0.1) is 0 Å². The molecule has 1 aromatic carbocycles. The molecule has 0 aromatic heterocycles. The molecule has 1 aromatic rings. The fourth-order valence-corrected chi connectivity index (χ4v) is 2.20. The van der Waals surface area contributed by atoms with Crippen LogP contribution in [0.3, 0.4) is 0 Å². The van der Waals surface area contributed by atoms with Gasteiger partial charge in [0, 0.05) is 11.9 Å². The van der Waals surface area contributed by atoms with Crippen molar-refractivity contribution in [3.05, 3.63) is 29.3 Å². The van der Waals surface area contributed by atoms with E-state index in [1.807, 2.05) is 0 Å². The molecule has 0 aliphatic carbocycles. The summed E-state index contributed by atoms with van der Waals surface area (Å²) in [7, 11) is 0. The third-order valence-corrected chi connectivity index (χ3v) is 2.94. The second kappa shape index (κ2) is 6.06. The summed E-state index contributed by atoms with van der Waals surface area (Å²) in [4.78, 5) is 0. The Morgan fingerprint density at radius 1 is 1.33 bits per heavy atom. The van der Waals surface area contributed by atoms with Crippen molar-refractivity contribution in [2.45, 2.75) is 39.5 Å². The minimum atomic E-state index is 0.620. The molecule has 15 heavy (non-hydrogen) atoms. The number of hydrogen-bond donors (Lipinski definition) is 1. The highest BCUT2D eigenvalue weighted by molar-refractivity contribution is 7.99. The first-order valence-corrected chi connectivity index (χ1v) is 6.83. The summed E-state index contributed by atoms with van der Waals surface area (Å²) in [5.74, 6) is 0.620. The average molecular weight is 223 g/mol. The lowest BCUT2D eigenvalue weighted by atomic mass is 9.94.